The molecule has 0 saturated heterocycles. The van der Waals surface area contributed by atoms with Crippen molar-refractivity contribution in [2.24, 2.45) is 5.73 Å². The predicted molar refractivity (Wildman–Crippen MR) is 45.6 cm³/mol. The maximum absolute atomic E-state index is 9.27. The van der Waals surface area contributed by atoms with Crippen molar-refractivity contribution in [1.82, 2.24) is 9.97 Å². The van der Waals surface area contributed by atoms with E-state index >= 15 is 0 Å². The van der Waals surface area contributed by atoms with Gasteiger partial charge in [0.25, 0.3) is 0 Å². The Hall–Kier alpha value is -1.20. The van der Waals surface area contributed by atoms with Gasteiger partial charge in [-0.1, -0.05) is 0 Å². The summed E-state index contributed by atoms with van der Waals surface area (Å²) >= 11 is 0. The molecular weight excluding hydrogens is 156 g/mol. The van der Waals surface area contributed by atoms with Gasteiger partial charge >= 0.3 is 0 Å². The third-order valence-corrected chi connectivity index (χ3v) is 1.50. The summed E-state index contributed by atoms with van der Waals surface area (Å²) in [5.74, 6) is 0.531. The SMILES string of the molecule is CNc1ncc(C(O)CN)cn1. The highest BCUT2D eigenvalue weighted by molar-refractivity contribution is 5.23. The van der Waals surface area contributed by atoms with Crippen molar-refractivity contribution < 1.29 is 5.11 Å². The number of hydrogen-bond donors (Lipinski definition) is 3. The van der Waals surface area contributed by atoms with Crippen molar-refractivity contribution >= 4 is 5.95 Å². The highest BCUT2D eigenvalue weighted by atomic mass is 16.3. The molecule has 66 valence electrons. The predicted octanol–water partition coefficient (Wildman–Crippen LogP) is -0.490. The number of nitrogens with two attached hydrogens (primary N) is 1. The van der Waals surface area contributed by atoms with Crippen molar-refractivity contribution in [3.8, 4) is 0 Å². The van der Waals surface area contributed by atoms with Gasteiger partial charge < -0.3 is 16.2 Å². The first-order chi connectivity index (χ1) is 5.77. The first kappa shape index (κ1) is 8.89. The maximum Gasteiger partial charge on any atom is 0.222 e. The molecule has 12 heavy (non-hydrogen) atoms. The summed E-state index contributed by atoms with van der Waals surface area (Å²) < 4.78 is 0. The van der Waals surface area contributed by atoms with Gasteiger partial charge in [-0.05, 0) is 0 Å². The zero-order valence-corrected chi connectivity index (χ0v) is 6.86. The van der Waals surface area contributed by atoms with Crippen LogP contribution in [0, 0.1) is 0 Å². The fraction of sp³-hybridized carbons (Fsp3) is 0.429. The molecular formula is C7H12N4O. The standard InChI is InChI=1S/C7H12N4O/c1-9-7-10-3-5(4-11-7)6(12)2-8/h3-4,6,12H,2,8H2,1H3,(H,9,10,11). The molecule has 0 amide bonds. The quantitative estimate of drug-likeness (QED) is 0.567. The molecule has 5 nitrogen and oxygen atoms in total. The maximum atomic E-state index is 9.27. The number of rotatable bonds is 3. The van der Waals surface area contributed by atoms with Gasteiger partial charge in [-0.3, -0.25) is 0 Å². The van der Waals surface area contributed by atoms with Gasteiger partial charge in [0.1, 0.15) is 0 Å². The molecule has 0 saturated carbocycles. The second kappa shape index (κ2) is 3.99. The lowest BCUT2D eigenvalue weighted by molar-refractivity contribution is 0.186. The van der Waals surface area contributed by atoms with Crippen molar-refractivity contribution in [2.75, 3.05) is 18.9 Å². The third kappa shape index (κ3) is 1.90. The lowest BCUT2D eigenvalue weighted by Crippen LogP contribution is -2.12. The van der Waals surface area contributed by atoms with Crippen molar-refractivity contribution in [3.63, 3.8) is 0 Å². The molecule has 1 rings (SSSR count). The third-order valence-electron chi connectivity index (χ3n) is 1.50. The molecule has 1 unspecified atom stereocenters. The molecule has 0 bridgehead atoms. The van der Waals surface area contributed by atoms with E-state index in [4.69, 9.17) is 5.73 Å². The molecule has 5 heteroatoms. The summed E-state index contributed by atoms with van der Waals surface area (Å²) in [6, 6.07) is 0. The van der Waals surface area contributed by atoms with Crippen LogP contribution in [0.25, 0.3) is 0 Å². The molecule has 1 atom stereocenters. The Morgan fingerprint density at radius 3 is 2.58 bits per heavy atom. The summed E-state index contributed by atoms with van der Waals surface area (Å²) in [6.07, 6.45) is 2.43. The van der Waals surface area contributed by atoms with E-state index in [-0.39, 0.29) is 6.54 Å². The van der Waals surface area contributed by atoms with Crippen LogP contribution in [0.1, 0.15) is 11.7 Å². The molecule has 4 N–H and O–H groups in total. The lowest BCUT2D eigenvalue weighted by Gasteiger charge is -2.06. The number of aromatic nitrogens is 2. The number of hydrogen-bond acceptors (Lipinski definition) is 5. The Balaban J connectivity index is 2.77. The number of nitrogens with one attached hydrogen (secondary N) is 1. The highest BCUT2D eigenvalue weighted by Crippen LogP contribution is 2.08. The van der Waals surface area contributed by atoms with Crippen LogP contribution >= 0.6 is 0 Å². The summed E-state index contributed by atoms with van der Waals surface area (Å²) in [6.45, 7) is 0.183. The molecule has 1 heterocycles. The molecule has 0 fully saturated rings. The fourth-order valence-corrected chi connectivity index (χ4v) is 0.775. The monoisotopic (exact) mass is 168 g/mol. The van der Waals surface area contributed by atoms with E-state index in [1.807, 2.05) is 0 Å². The van der Waals surface area contributed by atoms with Crippen LogP contribution in [0.4, 0.5) is 5.95 Å². The summed E-state index contributed by atoms with van der Waals surface area (Å²) in [7, 11) is 1.73. The zero-order valence-electron chi connectivity index (χ0n) is 6.86. The lowest BCUT2D eigenvalue weighted by atomic mass is 10.2. The minimum atomic E-state index is -0.670. The highest BCUT2D eigenvalue weighted by Gasteiger charge is 2.04. The van der Waals surface area contributed by atoms with E-state index in [9.17, 15) is 5.11 Å². The van der Waals surface area contributed by atoms with Gasteiger partial charge in [-0.15, -0.1) is 0 Å². The molecule has 0 spiro atoms. The van der Waals surface area contributed by atoms with Crippen LogP contribution in [0.3, 0.4) is 0 Å². The molecule has 0 aliphatic rings. The van der Waals surface area contributed by atoms with Gasteiger partial charge in [-0.25, -0.2) is 9.97 Å². The number of anilines is 1. The Bertz CT molecular complexity index is 236. The van der Waals surface area contributed by atoms with Crippen LogP contribution in [-0.4, -0.2) is 28.7 Å². The van der Waals surface area contributed by atoms with E-state index < -0.39 is 6.10 Å². The molecule has 0 aromatic carbocycles. The normalized spacial score (nSPS) is 12.6. The topological polar surface area (TPSA) is 84.1 Å². The minimum absolute atomic E-state index is 0.183. The largest absolute Gasteiger partial charge is 0.387 e. The van der Waals surface area contributed by atoms with Crippen LogP contribution in [0.2, 0.25) is 0 Å². The number of aliphatic hydroxyl groups is 1. The average molecular weight is 168 g/mol. The van der Waals surface area contributed by atoms with Gasteiger partial charge in [0.15, 0.2) is 0 Å². The molecule has 0 aliphatic carbocycles. The Labute approximate surface area is 70.6 Å². The zero-order chi connectivity index (χ0) is 8.97. The van der Waals surface area contributed by atoms with E-state index in [1.165, 1.54) is 0 Å². The van der Waals surface area contributed by atoms with E-state index in [0.29, 0.717) is 11.5 Å². The summed E-state index contributed by atoms with van der Waals surface area (Å²) in [5.41, 5.74) is 5.89. The van der Waals surface area contributed by atoms with Gasteiger partial charge in [-0.2, -0.15) is 0 Å². The van der Waals surface area contributed by atoms with Crippen molar-refractivity contribution in [2.45, 2.75) is 6.10 Å². The number of nitrogens with zero attached hydrogens (tertiary/aromatic N) is 2. The first-order valence-corrected chi connectivity index (χ1v) is 3.65. The summed E-state index contributed by atoms with van der Waals surface area (Å²) in [4.78, 5) is 7.86. The average Bonchev–Trinajstić information content (AvgIpc) is 2.17. The van der Waals surface area contributed by atoms with Crippen LogP contribution in [0.15, 0.2) is 12.4 Å². The van der Waals surface area contributed by atoms with Gasteiger partial charge in [0, 0.05) is 31.5 Å². The summed E-state index contributed by atoms with van der Waals surface area (Å²) in [5, 5.41) is 12.0. The second-order valence-electron chi connectivity index (χ2n) is 2.34. The molecule has 0 aliphatic heterocycles. The van der Waals surface area contributed by atoms with E-state index in [1.54, 1.807) is 19.4 Å². The van der Waals surface area contributed by atoms with E-state index in [2.05, 4.69) is 15.3 Å². The Morgan fingerprint density at radius 2 is 2.17 bits per heavy atom. The number of aliphatic hydroxyl groups excluding tert-OH is 1. The minimum Gasteiger partial charge on any atom is -0.387 e. The van der Waals surface area contributed by atoms with Crippen molar-refractivity contribution in [1.29, 1.82) is 0 Å². The van der Waals surface area contributed by atoms with Crippen LogP contribution in [-0.2, 0) is 0 Å². The second-order valence-corrected chi connectivity index (χ2v) is 2.34. The van der Waals surface area contributed by atoms with Gasteiger partial charge in [0.05, 0.1) is 6.10 Å². The van der Waals surface area contributed by atoms with Crippen LogP contribution < -0.4 is 11.1 Å². The first-order valence-electron chi connectivity index (χ1n) is 3.65. The van der Waals surface area contributed by atoms with Gasteiger partial charge in [0.2, 0.25) is 5.95 Å². The molecule has 0 radical (unpaired) electrons. The van der Waals surface area contributed by atoms with Crippen molar-refractivity contribution in [3.05, 3.63) is 18.0 Å². The fourth-order valence-electron chi connectivity index (χ4n) is 0.775. The molecule has 1 aromatic heterocycles. The Morgan fingerprint density at radius 1 is 1.58 bits per heavy atom. The van der Waals surface area contributed by atoms with Crippen LogP contribution in [0.5, 0.6) is 0 Å². The molecule has 1 aromatic rings. The van der Waals surface area contributed by atoms with E-state index in [0.717, 1.165) is 0 Å². The smallest absolute Gasteiger partial charge is 0.222 e. The Kier molecular flexibility index (Phi) is 2.95.